The first-order chi connectivity index (χ1) is 5.91. The summed E-state index contributed by atoms with van der Waals surface area (Å²) in [7, 11) is 0. The molecule has 0 aromatic heterocycles. The van der Waals surface area contributed by atoms with Gasteiger partial charge in [0, 0.05) is 13.2 Å². The summed E-state index contributed by atoms with van der Waals surface area (Å²) < 4.78 is 5.43. The Morgan fingerprint density at radius 2 is 1.83 bits per heavy atom. The molecule has 0 bridgehead atoms. The summed E-state index contributed by atoms with van der Waals surface area (Å²) >= 11 is 0. The topological polar surface area (TPSA) is 9.23 Å². The molecule has 0 fully saturated rings. The number of hydrogen-bond donors (Lipinski definition) is 0. The molecule has 0 rings (SSSR count). The van der Waals surface area contributed by atoms with E-state index in [1.807, 2.05) is 6.08 Å². The maximum Gasteiger partial charge on any atom is 0.0468 e. The summed E-state index contributed by atoms with van der Waals surface area (Å²) in [5, 5.41) is 0. The molecule has 1 nitrogen and oxygen atoms in total. The summed E-state index contributed by atoms with van der Waals surface area (Å²) in [6.45, 7) is 7.73. The van der Waals surface area contributed by atoms with Gasteiger partial charge in [-0.1, -0.05) is 32.3 Å². The lowest BCUT2D eigenvalue weighted by molar-refractivity contribution is 0.128. The minimum atomic E-state index is 0.901. The summed E-state index contributed by atoms with van der Waals surface area (Å²) in [5.41, 5.74) is 0. The summed E-state index contributed by atoms with van der Waals surface area (Å²) in [4.78, 5) is 0. The zero-order valence-corrected chi connectivity index (χ0v) is 8.35. The normalized spacial score (nSPS) is 10.1. The summed E-state index contributed by atoms with van der Waals surface area (Å²) in [6, 6.07) is 0. The maximum absolute atomic E-state index is 5.43. The highest BCUT2D eigenvalue weighted by Gasteiger charge is 1.88. The van der Waals surface area contributed by atoms with Crippen molar-refractivity contribution in [1.82, 2.24) is 0 Å². The molecule has 0 aliphatic heterocycles. The molecule has 0 aromatic carbocycles. The van der Waals surface area contributed by atoms with Crippen molar-refractivity contribution < 1.29 is 4.74 Å². The number of hydrogen-bond acceptors (Lipinski definition) is 1. The lowest BCUT2D eigenvalue weighted by Gasteiger charge is -2.01. The second-order valence-corrected chi connectivity index (χ2v) is 3.10. The Kier molecular flexibility index (Phi) is 10.4. The van der Waals surface area contributed by atoms with Gasteiger partial charge in [-0.25, -0.2) is 0 Å². The van der Waals surface area contributed by atoms with Crippen LogP contribution >= 0.6 is 0 Å². The lowest BCUT2D eigenvalue weighted by Crippen LogP contribution is -1.96. The van der Waals surface area contributed by atoms with E-state index in [0.29, 0.717) is 0 Å². The fourth-order valence-corrected chi connectivity index (χ4v) is 1.06. The van der Waals surface area contributed by atoms with E-state index in [-0.39, 0.29) is 0 Å². The van der Waals surface area contributed by atoms with Gasteiger partial charge in [-0.2, -0.15) is 0 Å². The largest absolute Gasteiger partial charge is 0.381 e. The van der Waals surface area contributed by atoms with Crippen LogP contribution in [0.4, 0.5) is 0 Å². The Balaban J connectivity index is 2.77. The van der Waals surface area contributed by atoms with Gasteiger partial charge in [-0.15, -0.1) is 6.58 Å². The Labute approximate surface area is 76.8 Å². The van der Waals surface area contributed by atoms with Crippen molar-refractivity contribution in [2.75, 3.05) is 13.2 Å². The molecule has 0 radical (unpaired) electrons. The molecule has 0 aliphatic rings. The van der Waals surface area contributed by atoms with Crippen LogP contribution in [0.1, 0.15) is 45.4 Å². The third-order valence-corrected chi connectivity index (χ3v) is 1.84. The molecule has 0 unspecified atom stereocenters. The van der Waals surface area contributed by atoms with E-state index in [2.05, 4.69) is 13.5 Å². The van der Waals surface area contributed by atoms with Crippen LogP contribution in [-0.4, -0.2) is 13.2 Å². The fraction of sp³-hybridized carbons (Fsp3) is 0.818. The molecule has 12 heavy (non-hydrogen) atoms. The Morgan fingerprint density at radius 3 is 2.50 bits per heavy atom. The maximum atomic E-state index is 5.43. The van der Waals surface area contributed by atoms with Crippen molar-refractivity contribution in [1.29, 1.82) is 0 Å². The van der Waals surface area contributed by atoms with Crippen molar-refractivity contribution in [2.45, 2.75) is 45.4 Å². The van der Waals surface area contributed by atoms with E-state index in [1.165, 1.54) is 25.7 Å². The first-order valence-electron chi connectivity index (χ1n) is 5.10. The van der Waals surface area contributed by atoms with E-state index >= 15 is 0 Å². The molecule has 0 saturated carbocycles. The van der Waals surface area contributed by atoms with Gasteiger partial charge < -0.3 is 4.74 Å². The molecule has 0 aromatic rings. The second kappa shape index (κ2) is 10.7. The van der Waals surface area contributed by atoms with Gasteiger partial charge in [0.1, 0.15) is 0 Å². The van der Waals surface area contributed by atoms with Crippen LogP contribution < -0.4 is 0 Å². The second-order valence-electron chi connectivity index (χ2n) is 3.10. The molecule has 0 aliphatic carbocycles. The molecule has 72 valence electrons. The molecule has 0 amide bonds. The first kappa shape index (κ1) is 11.7. The van der Waals surface area contributed by atoms with Crippen molar-refractivity contribution in [3.63, 3.8) is 0 Å². The minimum Gasteiger partial charge on any atom is -0.381 e. The highest BCUT2D eigenvalue weighted by Crippen LogP contribution is 1.99. The Bertz CT molecular complexity index is 89.0. The third kappa shape index (κ3) is 9.70. The summed E-state index contributed by atoms with van der Waals surface area (Å²) in [6.07, 6.45) is 9.33. The van der Waals surface area contributed by atoms with Crippen molar-refractivity contribution >= 4 is 0 Å². The minimum absolute atomic E-state index is 0.901. The van der Waals surface area contributed by atoms with Crippen LogP contribution in [-0.2, 0) is 4.74 Å². The monoisotopic (exact) mass is 170 g/mol. The number of allylic oxidation sites excluding steroid dienone is 1. The first-order valence-corrected chi connectivity index (χ1v) is 5.10. The van der Waals surface area contributed by atoms with Gasteiger partial charge in [0.05, 0.1) is 0 Å². The van der Waals surface area contributed by atoms with Crippen LogP contribution in [0.25, 0.3) is 0 Å². The van der Waals surface area contributed by atoms with E-state index < -0.39 is 0 Å². The van der Waals surface area contributed by atoms with Crippen LogP contribution in [0.3, 0.4) is 0 Å². The van der Waals surface area contributed by atoms with Gasteiger partial charge in [0.15, 0.2) is 0 Å². The highest BCUT2D eigenvalue weighted by molar-refractivity contribution is 4.64. The zero-order chi connectivity index (χ0) is 9.07. The molecule has 1 heteroatoms. The number of ether oxygens (including phenoxy) is 1. The molecule has 0 N–H and O–H groups in total. The van der Waals surface area contributed by atoms with E-state index in [4.69, 9.17) is 4.74 Å². The SMILES string of the molecule is C=CCCCOCCCCCC. The van der Waals surface area contributed by atoms with Crippen LogP contribution in [0.5, 0.6) is 0 Å². The Hall–Kier alpha value is -0.300. The van der Waals surface area contributed by atoms with Gasteiger partial charge in [0.2, 0.25) is 0 Å². The average molecular weight is 170 g/mol. The van der Waals surface area contributed by atoms with E-state index in [1.54, 1.807) is 0 Å². The lowest BCUT2D eigenvalue weighted by atomic mass is 10.2. The fourth-order valence-electron chi connectivity index (χ4n) is 1.06. The average Bonchev–Trinajstić information content (AvgIpc) is 2.10. The van der Waals surface area contributed by atoms with Crippen molar-refractivity contribution in [3.05, 3.63) is 12.7 Å². The van der Waals surface area contributed by atoms with Crippen LogP contribution in [0.15, 0.2) is 12.7 Å². The molecule has 0 spiro atoms. The standard InChI is InChI=1S/C11H22O/c1-3-5-7-9-11-12-10-8-6-4-2/h4H,2-3,5-11H2,1H3. The van der Waals surface area contributed by atoms with Gasteiger partial charge in [-0.05, 0) is 19.3 Å². The van der Waals surface area contributed by atoms with Crippen molar-refractivity contribution in [2.24, 2.45) is 0 Å². The van der Waals surface area contributed by atoms with Crippen molar-refractivity contribution in [3.8, 4) is 0 Å². The third-order valence-electron chi connectivity index (χ3n) is 1.84. The summed E-state index contributed by atoms with van der Waals surface area (Å²) in [5.74, 6) is 0. The van der Waals surface area contributed by atoms with E-state index in [0.717, 1.165) is 26.1 Å². The number of rotatable bonds is 9. The zero-order valence-electron chi connectivity index (χ0n) is 8.35. The quantitative estimate of drug-likeness (QED) is 0.380. The molecule has 0 atom stereocenters. The smallest absolute Gasteiger partial charge is 0.0468 e. The predicted molar refractivity (Wildman–Crippen MR) is 54.4 cm³/mol. The number of unbranched alkanes of at least 4 members (excludes halogenated alkanes) is 4. The highest BCUT2D eigenvalue weighted by atomic mass is 16.5. The van der Waals surface area contributed by atoms with Gasteiger partial charge >= 0.3 is 0 Å². The van der Waals surface area contributed by atoms with Crippen LogP contribution in [0.2, 0.25) is 0 Å². The van der Waals surface area contributed by atoms with E-state index in [9.17, 15) is 0 Å². The molecular formula is C11H22O. The molecule has 0 saturated heterocycles. The van der Waals surface area contributed by atoms with Gasteiger partial charge in [-0.3, -0.25) is 0 Å². The van der Waals surface area contributed by atoms with Crippen LogP contribution in [0, 0.1) is 0 Å². The molecular weight excluding hydrogens is 148 g/mol. The Morgan fingerprint density at radius 1 is 1.08 bits per heavy atom. The van der Waals surface area contributed by atoms with Gasteiger partial charge in [0.25, 0.3) is 0 Å². The predicted octanol–water partition coefficient (Wildman–Crippen LogP) is 3.55. The molecule has 0 heterocycles.